The van der Waals surface area contributed by atoms with Crippen molar-refractivity contribution < 1.29 is 32.0 Å². The molecule has 3 N–H and O–H groups in total. The molecule has 8 nitrogen and oxygen atoms in total. The predicted octanol–water partition coefficient (Wildman–Crippen LogP) is 3.78. The highest BCUT2D eigenvalue weighted by molar-refractivity contribution is 7.90. The number of sulfonamides is 1. The number of nitrogens with one attached hydrogen (secondary N) is 1. The maximum atomic E-state index is 14.8. The molecule has 3 rings (SSSR count). The molecule has 0 amide bonds. The summed E-state index contributed by atoms with van der Waals surface area (Å²) in [5, 5.41) is 20.6. The summed E-state index contributed by atoms with van der Waals surface area (Å²) >= 11 is 0. The quantitative estimate of drug-likeness (QED) is 0.418. The molecule has 1 unspecified atom stereocenters. The Bertz CT molecular complexity index is 1260. The van der Waals surface area contributed by atoms with E-state index in [1.165, 1.54) is 30.3 Å². The van der Waals surface area contributed by atoms with E-state index >= 15 is 0 Å². The molecule has 2 aromatic rings. The van der Waals surface area contributed by atoms with E-state index in [1.807, 2.05) is 0 Å². The predicted molar refractivity (Wildman–Crippen MR) is 151 cm³/mol. The first-order valence-electron chi connectivity index (χ1n) is 12.6. The first-order valence-corrected chi connectivity index (χ1v) is 17.0. The van der Waals surface area contributed by atoms with Gasteiger partial charge in [-0.1, -0.05) is 63.2 Å². The number of hydrogen-bond donors (Lipinski definition) is 3. The van der Waals surface area contributed by atoms with Crippen molar-refractivity contribution in [3.63, 3.8) is 0 Å². The molecule has 0 aromatic heterocycles. The lowest BCUT2D eigenvalue weighted by molar-refractivity contribution is 0.0760. The zero-order valence-electron chi connectivity index (χ0n) is 23.0. The Hall–Kier alpha value is -2.25. The van der Waals surface area contributed by atoms with E-state index in [9.17, 15) is 22.9 Å². The number of amidine groups is 1. The Morgan fingerprint density at radius 2 is 1.76 bits per heavy atom. The average molecular weight is 565 g/mol. The topological polar surface area (TPSA) is 117 Å². The number of hydrogen-bond acceptors (Lipinski definition) is 7. The van der Waals surface area contributed by atoms with Gasteiger partial charge in [0.2, 0.25) is 0 Å². The summed E-state index contributed by atoms with van der Waals surface area (Å²) in [5.74, 6) is -0.431. The van der Waals surface area contributed by atoms with Crippen LogP contribution in [0.4, 0.5) is 4.39 Å². The van der Waals surface area contributed by atoms with Gasteiger partial charge in [-0.2, -0.15) is 0 Å². The van der Waals surface area contributed by atoms with Crippen LogP contribution in [-0.2, 0) is 19.2 Å². The summed E-state index contributed by atoms with van der Waals surface area (Å²) in [5.41, 5.74) is -0.248. The zero-order chi connectivity index (χ0) is 28.5. The molecule has 0 fully saturated rings. The van der Waals surface area contributed by atoms with Crippen molar-refractivity contribution in [2.75, 3.05) is 6.61 Å². The summed E-state index contributed by atoms with van der Waals surface area (Å²) in [6.45, 7) is 14.3. The molecule has 1 aliphatic rings. The van der Waals surface area contributed by atoms with Gasteiger partial charge in [0.15, 0.2) is 8.32 Å². The summed E-state index contributed by atoms with van der Waals surface area (Å²) in [4.78, 5) is 0. The Labute approximate surface area is 226 Å². The molecule has 0 aliphatic carbocycles. The van der Waals surface area contributed by atoms with E-state index in [1.54, 1.807) is 32.0 Å². The molecule has 208 valence electrons. The van der Waals surface area contributed by atoms with Crippen molar-refractivity contribution in [3.8, 4) is 0 Å². The second kappa shape index (κ2) is 11.1. The highest BCUT2D eigenvalue weighted by atomic mass is 32.2. The highest BCUT2D eigenvalue weighted by Gasteiger charge is 2.48. The van der Waals surface area contributed by atoms with Crippen LogP contribution in [0.2, 0.25) is 18.1 Å². The molecule has 12 heteroatoms. The molecule has 38 heavy (non-hydrogen) atoms. The van der Waals surface area contributed by atoms with Crippen LogP contribution in [0, 0.1) is 5.82 Å². The first-order chi connectivity index (χ1) is 17.4. The number of benzene rings is 2. The van der Waals surface area contributed by atoms with Crippen molar-refractivity contribution in [3.05, 3.63) is 65.5 Å². The van der Waals surface area contributed by atoms with Gasteiger partial charge < -0.3 is 24.5 Å². The van der Waals surface area contributed by atoms with E-state index in [0.717, 1.165) is 0 Å². The van der Waals surface area contributed by atoms with Gasteiger partial charge in [0.05, 0.1) is 6.04 Å². The Morgan fingerprint density at radius 3 is 2.29 bits per heavy atom. The van der Waals surface area contributed by atoms with Crippen LogP contribution in [0.1, 0.15) is 63.5 Å². The van der Waals surface area contributed by atoms with Gasteiger partial charge in [0.1, 0.15) is 16.7 Å². The standard InChI is InChI=1S/C26H38BFN2O6SSi/c1-25(2,3)38(6,7)35-17-16-22(20-10-8-9-11-21(20)28)29-24-30-37(33,34)23(26(4,5)36-24)18-12-14-19(15-13-18)27(31)32/h8-15,22-23,31-32H,16-17H2,1-7H3,(H,29,30)/t22-,23?/m0/s1. The molecule has 0 saturated carbocycles. The SMILES string of the molecule is CC1(C)OC(N[C@@H](CCO[Si](C)(C)C(C)(C)C)c2ccccc2F)=NS(=O)(=O)C1c1ccc(B(O)O)cc1. The van der Waals surface area contributed by atoms with Crippen molar-refractivity contribution in [1.82, 2.24) is 5.32 Å². The lowest BCUT2D eigenvalue weighted by atomic mass is 9.79. The van der Waals surface area contributed by atoms with Gasteiger partial charge in [-0.25, -0.2) is 12.8 Å². The molecule has 0 saturated heterocycles. The second-order valence-electron chi connectivity index (χ2n) is 11.7. The van der Waals surface area contributed by atoms with Gasteiger partial charge in [-0.3, -0.25) is 0 Å². The summed E-state index contributed by atoms with van der Waals surface area (Å²) < 4.78 is 57.8. The maximum Gasteiger partial charge on any atom is 0.488 e. The van der Waals surface area contributed by atoms with Crippen LogP contribution < -0.4 is 10.8 Å². The number of halogens is 1. The van der Waals surface area contributed by atoms with Gasteiger partial charge in [-0.15, -0.1) is 4.40 Å². The average Bonchev–Trinajstić information content (AvgIpc) is 2.76. The minimum absolute atomic E-state index is 0.00503. The van der Waals surface area contributed by atoms with Crippen LogP contribution in [0.3, 0.4) is 0 Å². The Balaban J connectivity index is 1.89. The van der Waals surface area contributed by atoms with Crippen LogP contribution in [0.15, 0.2) is 52.9 Å². The third-order valence-corrected chi connectivity index (χ3v) is 13.7. The molecule has 0 bridgehead atoms. The fourth-order valence-electron chi connectivity index (χ4n) is 4.18. The molecule has 0 radical (unpaired) electrons. The van der Waals surface area contributed by atoms with E-state index in [4.69, 9.17) is 9.16 Å². The van der Waals surface area contributed by atoms with E-state index in [-0.39, 0.29) is 16.5 Å². The molecule has 1 heterocycles. The van der Waals surface area contributed by atoms with E-state index < -0.39 is 48.2 Å². The Morgan fingerprint density at radius 1 is 1.16 bits per heavy atom. The highest BCUT2D eigenvalue weighted by Crippen LogP contribution is 2.40. The zero-order valence-corrected chi connectivity index (χ0v) is 24.8. The van der Waals surface area contributed by atoms with Crippen LogP contribution in [0.5, 0.6) is 0 Å². The van der Waals surface area contributed by atoms with Gasteiger partial charge in [-0.05, 0) is 55.5 Å². The van der Waals surface area contributed by atoms with Crippen molar-refractivity contribution in [2.45, 2.75) is 76.1 Å². The third kappa shape index (κ3) is 6.84. The van der Waals surface area contributed by atoms with Crippen LogP contribution >= 0.6 is 0 Å². The van der Waals surface area contributed by atoms with Crippen molar-refractivity contribution >= 4 is 36.9 Å². The minimum atomic E-state index is -4.11. The van der Waals surface area contributed by atoms with Gasteiger partial charge >= 0.3 is 13.1 Å². The molecule has 1 aliphatic heterocycles. The van der Waals surface area contributed by atoms with Crippen LogP contribution in [0.25, 0.3) is 0 Å². The van der Waals surface area contributed by atoms with Crippen molar-refractivity contribution in [2.24, 2.45) is 4.40 Å². The van der Waals surface area contributed by atoms with Gasteiger partial charge in [0.25, 0.3) is 10.0 Å². The summed E-state index contributed by atoms with van der Waals surface area (Å²) in [6, 6.07) is 11.4. The first kappa shape index (κ1) is 30.3. The summed E-state index contributed by atoms with van der Waals surface area (Å²) in [6.07, 6.45) is 0.366. The van der Waals surface area contributed by atoms with Crippen molar-refractivity contribution in [1.29, 1.82) is 0 Å². The lowest BCUT2D eigenvalue weighted by Gasteiger charge is -2.38. The van der Waals surface area contributed by atoms with Crippen LogP contribution in [-0.4, -0.2) is 52.1 Å². The molecular formula is C26H38BFN2O6SSi. The fraction of sp³-hybridized carbons (Fsp3) is 0.500. The minimum Gasteiger partial charge on any atom is -0.457 e. The normalized spacial score (nSPS) is 19.7. The largest absolute Gasteiger partial charge is 0.488 e. The maximum absolute atomic E-state index is 14.8. The fourth-order valence-corrected chi connectivity index (χ4v) is 6.94. The molecule has 2 aromatic carbocycles. The molecule has 0 spiro atoms. The Kier molecular flexibility index (Phi) is 8.84. The molecular weight excluding hydrogens is 526 g/mol. The third-order valence-electron chi connectivity index (χ3n) is 7.29. The lowest BCUT2D eigenvalue weighted by Crippen LogP contribution is -2.48. The smallest absolute Gasteiger partial charge is 0.457 e. The number of rotatable bonds is 8. The number of nitrogens with zero attached hydrogens (tertiary/aromatic N) is 1. The molecule has 2 atom stereocenters. The summed E-state index contributed by atoms with van der Waals surface area (Å²) in [7, 11) is -7.83. The van der Waals surface area contributed by atoms with E-state index in [2.05, 4.69) is 43.6 Å². The number of ether oxygens (including phenoxy) is 1. The second-order valence-corrected chi connectivity index (χ2v) is 18.1. The van der Waals surface area contributed by atoms with E-state index in [0.29, 0.717) is 24.2 Å². The monoisotopic (exact) mass is 564 g/mol. The van der Waals surface area contributed by atoms with Gasteiger partial charge in [0, 0.05) is 12.2 Å².